The topological polar surface area (TPSA) is 83.5 Å². The fourth-order valence-electron chi connectivity index (χ4n) is 1.59. The number of carbonyl (C=O) groups is 1. The second-order valence-electron chi connectivity index (χ2n) is 4.23. The molecule has 0 spiro atoms. The fourth-order valence-corrected chi connectivity index (χ4v) is 3.40. The molecule has 19 heavy (non-hydrogen) atoms. The van der Waals surface area contributed by atoms with Crippen LogP contribution in [0.4, 0.5) is 0 Å². The van der Waals surface area contributed by atoms with Crippen LogP contribution in [-0.2, 0) is 14.8 Å². The Bertz CT molecular complexity index is 571. The summed E-state index contributed by atoms with van der Waals surface area (Å²) in [6.07, 6.45) is 0.777. The zero-order valence-corrected chi connectivity index (χ0v) is 12.3. The Morgan fingerprint density at radius 1 is 1.47 bits per heavy atom. The van der Waals surface area contributed by atoms with E-state index < -0.39 is 22.0 Å². The molecule has 0 fully saturated rings. The molecule has 7 heteroatoms. The molecule has 1 aromatic rings. The lowest BCUT2D eigenvalue weighted by atomic mass is 10.2. The van der Waals surface area contributed by atoms with Gasteiger partial charge in [0.05, 0.1) is 5.02 Å². The first-order valence-electron chi connectivity index (χ1n) is 5.79. The van der Waals surface area contributed by atoms with E-state index in [1.165, 1.54) is 12.1 Å². The number of rotatable bonds is 6. The van der Waals surface area contributed by atoms with Gasteiger partial charge in [0.15, 0.2) is 0 Å². The van der Waals surface area contributed by atoms with Crippen molar-refractivity contribution in [1.82, 2.24) is 4.72 Å². The Morgan fingerprint density at radius 2 is 2.11 bits per heavy atom. The number of sulfonamides is 1. The Labute approximate surface area is 117 Å². The molecular weight excluding hydrogens is 290 g/mol. The highest BCUT2D eigenvalue weighted by Crippen LogP contribution is 2.22. The lowest BCUT2D eigenvalue weighted by Crippen LogP contribution is -2.40. The van der Waals surface area contributed by atoms with Gasteiger partial charge in [-0.2, -0.15) is 4.72 Å². The Morgan fingerprint density at radius 3 is 2.63 bits per heavy atom. The van der Waals surface area contributed by atoms with Crippen molar-refractivity contribution in [3.05, 3.63) is 28.8 Å². The molecule has 0 aromatic heterocycles. The van der Waals surface area contributed by atoms with Gasteiger partial charge in [-0.3, -0.25) is 4.79 Å². The van der Waals surface area contributed by atoms with E-state index in [1.54, 1.807) is 19.9 Å². The zero-order valence-electron chi connectivity index (χ0n) is 10.7. The molecular formula is C12H16ClNO4S. The predicted molar refractivity (Wildman–Crippen MR) is 72.8 cm³/mol. The number of carboxylic acids is 1. The minimum Gasteiger partial charge on any atom is -0.480 e. The number of aryl methyl sites for hydroxylation is 1. The second-order valence-corrected chi connectivity index (χ2v) is 6.32. The van der Waals surface area contributed by atoms with Crippen LogP contribution < -0.4 is 4.72 Å². The third kappa shape index (κ3) is 4.19. The summed E-state index contributed by atoms with van der Waals surface area (Å²) in [5, 5.41) is 9.05. The van der Waals surface area contributed by atoms with Gasteiger partial charge in [0.1, 0.15) is 10.9 Å². The molecule has 0 radical (unpaired) electrons. The Balaban J connectivity index is 3.10. The molecule has 1 atom stereocenters. The minimum atomic E-state index is -3.94. The van der Waals surface area contributed by atoms with Gasteiger partial charge in [-0.15, -0.1) is 0 Å². The van der Waals surface area contributed by atoms with E-state index in [2.05, 4.69) is 4.72 Å². The normalized spacial score (nSPS) is 13.2. The van der Waals surface area contributed by atoms with E-state index in [0.29, 0.717) is 6.42 Å². The number of carboxylic acid groups (broad SMARTS) is 1. The number of nitrogens with one attached hydrogen (secondary N) is 1. The second kappa shape index (κ2) is 6.36. The van der Waals surface area contributed by atoms with Crippen LogP contribution in [0, 0.1) is 6.92 Å². The van der Waals surface area contributed by atoms with Crippen molar-refractivity contribution in [3.8, 4) is 0 Å². The van der Waals surface area contributed by atoms with Crippen molar-refractivity contribution in [3.63, 3.8) is 0 Å². The molecule has 5 nitrogen and oxygen atoms in total. The number of aliphatic carboxylic acids is 1. The third-order valence-corrected chi connectivity index (χ3v) is 4.50. The van der Waals surface area contributed by atoms with Crippen LogP contribution in [0.3, 0.4) is 0 Å². The summed E-state index contributed by atoms with van der Waals surface area (Å²) in [4.78, 5) is 10.9. The number of benzene rings is 1. The van der Waals surface area contributed by atoms with Crippen LogP contribution in [-0.4, -0.2) is 25.5 Å². The van der Waals surface area contributed by atoms with Crippen molar-refractivity contribution in [2.45, 2.75) is 37.6 Å². The maximum absolute atomic E-state index is 12.1. The summed E-state index contributed by atoms with van der Waals surface area (Å²) in [5.41, 5.74) is 0.729. The summed E-state index contributed by atoms with van der Waals surface area (Å²) in [7, 11) is -3.94. The van der Waals surface area contributed by atoms with E-state index >= 15 is 0 Å². The SMILES string of the molecule is CCCC(NS(=O)(=O)c1cc(C)ccc1Cl)C(=O)O. The standard InChI is InChI=1S/C12H16ClNO4S/c1-3-4-10(12(15)16)14-19(17,18)11-7-8(2)5-6-9(11)13/h5-7,10,14H,3-4H2,1-2H3,(H,15,16). The molecule has 2 N–H and O–H groups in total. The fraction of sp³-hybridized carbons (Fsp3) is 0.417. The van der Waals surface area contributed by atoms with Crippen molar-refractivity contribution in [2.75, 3.05) is 0 Å². The summed E-state index contributed by atoms with van der Waals surface area (Å²) >= 11 is 5.85. The molecule has 0 bridgehead atoms. The highest BCUT2D eigenvalue weighted by Gasteiger charge is 2.26. The van der Waals surface area contributed by atoms with Crippen LogP contribution in [0.15, 0.2) is 23.1 Å². The van der Waals surface area contributed by atoms with Gasteiger partial charge < -0.3 is 5.11 Å². The van der Waals surface area contributed by atoms with Gasteiger partial charge in [-0.05, 0) is 31.0 Å². The van der Waals surface area contributed by atoms with E-state index in [4.69, 9.17) is 16.7 Å². The molecule has 0 amide bonds. The highest BCUT2D eigenvalue weighted by atomic mass is 35.5. The number of hydrogen-bond acceptors (Lipinski definition) is 3. The molecule has 0 saturated carbocycles. The summed E-state index contributed by atoms with van der Waals surface area (Å²) in [5.74, 6) is -1.20. The molecule has 106 valence electrons. The van der Waals surface area contributed by atoms with Gasteiger partial charge in [0.2, 0.25) is 10.0 Å². The van der Waals surface area contributed by atoms with Gasteiger partial charge in [-0.25, -0.2) is 8.42 Å². The first kappa shape index (κ1) is 15.9. The monoisotopic (exact) mass is 305 g/mol. The molecule has 1 unspecified atom stereocenters. The van der Waals surface area contributed by atoms with Crippen LogP contribution in [0.1, 0.15) is 25.3 Å². The molecule has 0 saturated heterocycles. The maximum atomic E-state index is 12.1. The van der Waals surface area contributed by atoms with Gasteiger partial charge in [-0.1, -0.05) is 31.0 Å². The van der Waals surface area contributed by atoms with Crippen molar-refractivity contribution >= 4 is 27.6 Å². The molecule has 1 rings (SSSR count). The lowest BCUT2D eigenvalue weighted by molar-refractivity contribution is -0.139. The van der Waals surface area contributed by atoms with Gasteiger partial charge in [0, 0.05) is 0 Å². The van der Waals surface area contributed by atoms with Crippen LogP contribution in [0.5, 0.6) is 0 Å². The molecule has 1 aromatic carbocycles. The zero-order chi connectivity index (χ0) is 14.6. The van der Waals surface area contributed by atoms with E-state index in [9.17, 15) is 13.2 Å². The quantitative estimate of drug-likeness (QED) is 0.844. The van der Waals surface area contributed by atoms with Crippen LogP contribution >= 0.6 is 11.6 Å². The van der Waals surface area contributed by atoms with E-state index in [-0.39, 0.29) is 16.3 Å². The number of halogens is 1. The average molecular weight is 306 g/mol. The summed E-state index contributed by atoms with van der Waals surface area (Å²) in [6, 6.07) is 3.42. The van der Waals surface area contributed by atoms with Gasteiger partial charge >= 0.3 is 5.97 Å². The molecule has 0 aliphatic carbocycles. The number of hydrogen-bond donors (Lipinski definition) is 2. The van der Waals surface area contributed by atoms with Crippen molar-refractivity contribution in [2.24, 2.45) is 0 Å². The average Bonchev–Trinajstić information content (AvgIpc) is 2.31. The van der Waals surface area contributed by atoms with Crippen LogP contribution in [0.2, 0.25) is 5.02 Å². The Kier molecular flexibility index (Phi) is 5.34. The largest absolute Gasteiger partial charge is 0.480 e. The van der Waals surface area contributed by atoms with E-state index in [1.807, 2.05) is 0 Å². The Hall–Kier alpha value is -1.11. The smallest absolute Gasteiger partial charge is 0.321 e. The molecule has 0 aliphatic rings. The van der Waals surface area contributed by atoms with Crippen LogP contribution in [0.25, 0.3) is 0 Å². The first-order valence-corrected chi connectivity index (χ1v) is 7.65. The van der Waals surface area contributed by atoms with E-state index in [0.717, 1.165) is 5.56 Å². The van der Waals surface area contributed by atoms with Crippen molar-refractivity contribution in [1.29, 1.82) is 0 Å². The highest BCUT2D eigenvalue weighted by molar-refractivity contribution is 7.89. The summed E-state index contributed by atoms with van der Waals surface area (Å²) < 4.78 is 26.4. The third-order valence-electron chi connectivity index (χ3n) is 2.55. The van der Waals surface area contributed by atoms with Crippen molar-refractivity contribution < 1.29 is 18.3 Å². The van der Waals surface area contributed by atoms with Gasteiger partial charge in [0.25, 0.3) is 0 Å². The lowest BCUT2D eigenvalue weighted by Gasteiger charge is -2.15. The predicted octanol–water partition coefficient (Wildman–Crippen LogP) is 2.18. The minimum absolute atomic E-state index is 0.0683. The maximum Gasteiger partial charge on any atom is 0.321 e. The first-order chi connectivity index (χ1) is 8.77. The summed E-state index contributed by atoms with van der Waals surface area (Å²) in [6.45, 7) is 3.51. The molecule has 0 heterocycles. The molecule has 0 aliphatic heterocycles.